The first-order valence-corrected chi connectivity index (χ1v) is 3.78. The minimum atomic E-state index is 0.653. The van der Waals surface area contributed by atoms with E-state index >= 15 is 0 Å². The van der Waals surface area contributed by atoms with Crippen molar-refractivity contribution in [3.63, 3.8) is 0 Å². The van der Waals surface area contributed by atoms with Crippen LogP contribution in [0.5, 0.6) is 0 Å². The molecule has 0 atom stereocenters. The Balaban J connectivity index is 3.17. The molecule has 1 aromatic rings. The fraction of sp³-hybridized carbons (Fsp3) is 0. The quantitative estimate of drug-likeness (QED) is 0.556. The second-order valence-corrected chi connectivity index (χ2v) is 3.18. The predicted octanol–water partition coefficient (Wildman–Crippen LogP) is 2.33. The highest BCUT2D eigenvalue weighted by Gasteiger charge is 1.93. The van der Waals surface area contributed by atoms with Crippen LogP contribution in [-0.2, 0) is 0 Å². The first-order chi connectivity index (χ1) is 4.20. The summed E-state index contributed by atoms with van der Waals surface area (Å²) in [6.07, 6.45) is 0. The van der Waals surface area contributed by atoms with E-state index in [1.807, 2.05) is 0 Å². The van der Waals surface area contributed by atoms with Crippen molar-refractivity contribution in [3.8, 4) is 0 Å². The van der Waals surface area contributed by atoms with Gasteiger partial charge in [0, 0.05) is 14.7 Å². The van der Waals surface area contributed by atoms with Gasteiger partial charge in [0.1, 0.15) is 0 Å². The summed E-state index contributed by atoms with van der Waals surface area (Å²) >= 11 is 7.73. The van der Waals surface area contributed by atoms with Crippen molar-refractivity contribution in [1.29, 1.82) is 0 Å². The van der Waals surface area contributed by atoms with Gasteiger partial charge in [-0.1, -0.05) is 11.6 Å². The third-order valence-corrected chi connectivity index (χ3v) is 2.00. The molecule has 0 aliphatic heterocycles. The number of nitrogen functional groups attached to an aromatic ring is 1. The lowest BCUT2D eigenvalue weighted by Crippen LogP contribution is -1.87. The third-order valence-electron chi connectivity index (χ3n) is 0.887. The van der Waals surface area contributed by atoms with E-state index < -0.39 is 0 Å². The van der Waals surface area contributed by atoms with Crippen molar-refractivity contribution in [2.75, 3.05) is 5.73 Å². The third kappa shape index (κ3) is 1.72. The van der Waals surface area contributed by atoms with Gasteiger partial charge in [0.2, 0.25) is 0 Å². The lowest BCUT2D eigenvalue weighted by Gasteiger charge is -1.94. The molecule has 9 heavy (non-hydrogen) atoms. The lowest BCUT2D eigenvalue weighted by molar-refractivity contribution is 1.61. The van der Waals surface area contributed by atoms with E-state index in [9.17, 15) is 0 Å². The molecular weight excluding hydrogens is 248 g/mol. The summed E-state index contributed by atoms with van der Waals surface area (Å²) in [6, 6.07) is 6.26. The molecule has 0 aliphatic carbocycles. The first-order valence-electron chi connectivity index (χ1n) is 2.32. The van der Waals surface area contributed by atoms with Gasteiger partial charge in [-0.3, -0.25) is 0 Å². The lowest BCUT2D eigenvalue weighted by atomic mass is 10.3. The summed E-state index contributed by atoms with van der Waals surface area (Å²) in [5.41, 5.74) is 6.12. The van der Waals surface area contributed by atoms with Gasteiger partial charge < -0.3 is 5.73 Å². The summed E-state index contributed by atoms with van der Waals surface area (Å²) in [7, 11) is 0. The van der Waals surface area contributed by atoms with Gasteiger partial charge in [0.05, 0.1) is 5.69 Å². The van der Waals surface area contributed by atoms with E-state index in [1.165, 1.54) is 0 Å². The smallest absolute Gasteiger partial charge is 0.0531 e. The Morgan fingerprint density at radius 2 is 2.33 bits per heavy atom. The monoisotopic (exact) mass is 252 g/mol. The highest BCUT2D eigenvalue weighted by atomic mass is 127. The van der Waals surface area contributed by atoms with Crippen LogP contribution in [0.1, 0.15) is 0 Å². The van der Waals surface area contributed by atoms with Crippen LogP contribution in [0.3, 0.4) is 0 Å². The molecule has 1 radical (unpaired) electrons. The highest BCUT2D eigenvalue weighted by molar-refractivity contribution is 14.1. The molecule has 0 aliphatic rings. The molecule has 1 nitrogen and oxygen atoms in total. The van der Waals surface area contributed by atoms with E-state index in [0.717, 1.165) is 3.57 Å². The predicted molar refractivity (Wildman–Crippen MR) is 47.4 cm³/mol. The van der Waals surface area contributed by atoms with Crippen molar-refractivity contribution >= 4 is 39.9 Å². The van der Waals surface area contributed by atoms with Crippen LogP contribution >= 0.6 is 34.2 Å². The summed E-state index contributed by atoms with van der Waals surface area (Å²) in [5.74, 6) is 0. The fourth-order valence-corrected chi connectivity index (χ4v) is 1.30. The highest BCUT2D eigenvalue weighted by Crippen LogP contribution is 2.18. The topological polar surface area (TPSA) is 26.0 Å². The molecule has 0 saturated carbocycles. The average molecular weight is 252 g/mol. The van der Waals surface area contributed by atoms with Crippen molar-refractivity contribution in [2.45, 2.75) is 0 Å². The Morgan fingerprint density at radius 3 is 2.78 bits per heavy atom. The zero-order chi connectivity index (χ0) is 6.85. The second-order valence-electron chi connectivity index (χ2n) is 1.58. The molecule has 0 fully saturated rings. The molecule has 0 heterocycles. The molecule has 47 valence electrons. The number of nitrogens with two attached hydrogens (primary N) is 1. The summed E-state index contributed by atoms with van der Waals surface area (Å²) in [4.78, 5) is 0. The van der Waals surface area contributed by atoms with Gasteiger partial charge in [0.25, 0.3) is 0 Å². The minimum Gasteiger partial charge on any atom is -0.397 e. The Hall–Kier alpha value is 0.0400. The molecule has 0 saturated heterocycles. The maximum atomic E-state index is 5.63. The molecule has 0 unspecified atom stereocenters. The van der Waals surface area contributed by atoms with Gasteiger partial charge in [-0.15, -0.1) is 0 Å². The van der Waals surface area contributed by atoms with E-state index in [1.54, 1.807) is 12.1 Å². The SMILES string of the molecule is Nc1[c]cc(Cl)cc1I. The number of hydrogen-bond acceptors (Lipinski definition) is 1. The second kappa shape index (κ2) is 2.75. The number of hydrogen-bond donors (Lipinski definition) is 1. The van der Waals surface area contributed by atoms with Gasteiger partial charge in [-0.05, 0) is 34.7 Å². The van der Waals surface area contributed by atoms with E-state index in [0.29, 0.717) is 10.7 Å². The molecule has 1 rings (SSSR count). The van der Waals surface area contributed by atoms with Gasteiger partial charge in [-0.2, -0.15) is 0 Å². The Labute approximate surface area is 72.3 Å². The van der Waals surface area contributed by atoms with Crippen molar-refractivity contribution in [2.24, 2.45) is 0 Å². The molecule has 1 aromatic carbocycles. The van der Waals surface area contributed by atoms with Crippen LogP contribution in [-0.4, -0.2) is 0 Å². The van der Waals surface area contributed by atoms with E-state index in [2.05, 4.69) is 28.7 Å². The molecule has 0 aromatic heterocycles. The van der Waals surface area contributed by atoms with Crippen LogP contribution in [0, 0.1) is 9.64 Å². The molecule has 3 heteroatoms. The molecule has 0 spiro atoms. The van der Waals surface area contributed by atoms with Crippen molar-refractivity contribution in [1.82, 2.24) is 0 Å². The zero-order valence-electron chi connectivity index (χ0n) is 4.49. The summed E-state index contributed by atoms with van der Waals surface area (Å²) in [5, 5.41) is 0.675. The molecular formula is C6H4ClIN. The van der Waals surface area contributed by atoms with Crippen LogP contribution in [0.25, 0.3) is 0 Å². The number of halogens is 2. The van der Waals surface area contributed by atoms with Gasteiger partial charge in [0.15, 0.2) is 0 Å². The van der Waals surface area contributed by atoms with Crippen LogP contribution in [0.2, 0.25) is 5.02 Å². The Morgan fingerprint density at radius 1 is 1.67 bits per heavy atom. The van der Waals surface area contributed by atoms with Gasteiger partial charge >= 0.3 is 0 Å². The fourth-order valence-electron chi connectivity index (χ4n) is 0.456. The summed E-state index contributed by atoms with van der Waals surface area (Å²) < 4.78 is 0.945. The minimum absolute atomic E-state index is 0.653. The largest absolute Gasteiger partial charge is 0.397 e. The maximum Gasteiger partial charge on any atom is 0.0531 e. The van der Waals surface area contributed by atoms with Crippen molar-refractivity contribution in [3.05, 3.63) is 26.8 Å². The van der Waals surface area contributed by atoms with Crippen molar-refractivity contribution < 1.29 is 0 Å². The standard InChI is InChI=1S/C6H4ClIN/c7-4-1-2-6(9)5(8)3-4/h1,3H,9H2. The summed E-state index contributed by atoms with van der Waals surface area (Å²) in [6.45, 7) is 0. The molecule has 0 bridgehead atoms. The van der Waals surface area contributed by atoms with Crippen LogP contribution < -0.4 is 5.73 Å². The molecule has 0 amide bonds. The van der Waals surface area contributed by atoms with E-state index in [4.69, 9.17) is 17.3 Å². The van der Waals surface area contributed by atoms with E-state index in [-0.39, 0.29) is 0 Å². The maximum absolute atomic E-state index is 5.63. The van der Waals surface area contributed by atoms with Crippen LogP contribution in [0.15, 0.2) is 12.1 Å². The van der Waals surface area contributed by atoms with Gasteiger partial charge in [-0.25, -0.2) is 0 Å². The zero-order valence-corrected chi connectivity index (χ0v) is 7.40. The first kappa shape index (κ1) is 7.15. The Kier molecular flexibility index (Phi) is 2.18. The molecule has 2 N–H and O–H groups in total. The number of rotatable bonds is 0. The number of anilines is 1. The average Bonchev–Trinajstić information content (AvgIpc) is 1.80. The normalized spacial score (nSPS) is 9.56. The Bertz CT molecular complexity index is 224. The van der Waals surface area contributed by atoms with Crippen LogP contribution in [0.4, 0.5) is 5.69 Å². The number of benzene rings is 1.